The van der Waals surface area contributed by atoms with Crippen LogP contribution in [0.5, 0.6) is 0 Å². The highest BCUT2D eigenvalue weighted by molar-refractivity contribution is 5.85. The first-order chi connectivity index (χ1) is 9.06. The smallest absolute Gasteiger partial charge is 0.408 e. The fourth-order valence-corrected chi connectivity index (χ4v) is 3.04. The summed E-state index contributed by atoms with van der Waals surface area (Å²) in [5.74, 6) is 0.148. The molecule has 0 aliphatic carbocycles. The molecule has 1 aliphatic heterocycles. The number of aromatic nitrogens is 1. The van der Waals surface area contributed by atoms with Gasteiger partial charge >= 0.3 is 5.76 Å². The van der Waals surface area contributed by atoms with Gasteiger partial charge in [-0.25, -0.2) is 4.79 Å². The Hall–Kier alpha value is -1.91. The zero-order chi connectivity index (χ0) is 13.6. The molecule has 1 saturated heterocycles. The van der Waals surface area contributed by atoms with Gasteiger partial charge in [0.05, 0.1) is 16.9 Å². The maximum absolute atomic E-state index is 11.2. The van der Waals surface area contributed by atoms with Gasteiger partial charge in [-0.15, -0.1) is 0 Å². The molecule has 5 heteroatoms. The zero-order valence-corrected chi connectivity index (χ0v) is 11.3. The van der Waals surface area contributed by atoms with E-state index in [4.69, 9.17) is 10.2 Å². The van der Waals surface area contributed by atoms with Gasteiger partial charge < -0.3 is 15.1 Å². The molecular formula is C14H19N3O2. The number of oxazole rings is 1. The van der Waals surface area contributed by atoms with Gasteiger partial charge in [-0.1, -0.05) is 13.8 Å². The van der Waals surface area contributed by atoms with Gasteiger partial charge in [0.2, 0.25) is 0 Å². The van der Waals surface area contributed by atoms with Crippen LogP contribution in [0.3, 0.4) is 0 Å². The number of anilines is 2. The Labute approximate surface area is 111 Å². The largest absolute Gasteiger partial charge is 0.417 e. The molecule has 0 amide bonds. The second kappa shape index (κ2) is 4.33. The molecule has 5 nitrogen and oxygen atoms in total. The number of hydrogen-bond donors (Lipinski definition) is 2. The van der Waals surface area contributed by atoms with E-state index in [-0.39, 0.29) is 0 Å². The van der Waals surface area contributed by atoms with Gasteiger partial charge in [-0.2, -0.15) is 0 Å². The lowest BCUT2D eigenvalue weighted by Gasteiger charge is -2.30. The van der Waals surface area contributed by atoms with E-state index in [2.05, 4.69) is 23.7 Å². The summed E-state index contributed by atoms with van der Waals surface area (Å²) in [6, 6.07) is 4.17. The van der Waals surface area contributed by atoms with Gasteiger partial charge in [0, 0.05) is 18.7 Å². The molecule has 1 aliphatic rings. The number of hydrogen-bond acceptors (Lipinski definition) is 4. The van der Waals surface area contributed by atoms with Crippen molar-refractivity contribution in [2.45, 2.75) is 32.7 Å². The number of nitrogens with two attached hydrogens (primary N) is 1. The Balaban J connectivity index is 2.08. The SMILES string of the molecule is CC(C)C1CCCN1c1cc2[nH]c(=O)oc2cc1N. The molecule has 0 saturated carbocycles. The number of nitrogens with zero attached hydrogens (tertiary/aromatic N) is 1. The van der Waals surface area contributed by atoms with Crippen LogP contribution >= 0.6 is 0 Å². The Kier molecular flexibility index (Phi) is 2.77. The van der Waals surface area contributed by atoms with Crippen LogP contribution in [0.25, 0.3) is 11.1 Å². The monoisotopic (exact) mass is 261 g/mol. The van der Waals surface area contributed by atoms with Crippen molar-refractivity contribution >= 4 is 22.5 Å². The van der Waals surface area contributed by atoms with Crippen molar-refractivity contribution in [3.63, 3.8) is 0 Å². The predicted molar refractivity (Wildman–Crippen MR) is 76.5 cm³/mol. The summed E-state index contributed by atoms with van der Waals surface area (Å²) in [4.78, 5) is 16.3. The molecule has 102 valence electrons. The molecule has 0 spiro atoms. The lowest BCUT2D eigenvalue weighted by atomic mass is 10.0. The fraction of sp³-hybridized carbons (Fsp3) is 0.500. The minimum absolute atomic E-state index is 0.437. The molecule has 1 fully saturated rings. The zero-order valence-electron chi connectivity index (χ0n) is 11.3. The third kappa shape index (κ3) is 1.99. The van der Waals surface area contributed by atoms with Gasteiger partial charge in [-0.05, 0) is 24.8 Å². The summed E-state index contributed by atoms with van der Waals surface area (Å²) in [5, 5.41) is 0. The third-order valence-electron chi connectivity index (χ3n) is 3.95. The molecule has 1 atom stereocenters. The van der Waals surface area contributed by atoms with E-state index >= 15 is 0 Å². The summed E-state index contributed by atoms with van der Waals surface area (Å²) in [7, 11) is 0. The highest BCUT2D eigenvalue weighted by Gasteiger charge is 2.28. The molecule has 0 radical (unpaired) electrons. The maximum Gasteiger partial charge on any atom is 0.417 e. The van der Waals surface area contributed by atoms with Crippen LogP contribution in [0.1, 0.15) is 26.7 Å². The molecule has 2 aromatic rings. The Morgan fingerprint density at radius 2 is 2.26 bits per heavy atom. The first kappa shape index (κ1) is 12.1. The number of nitrogen functional groups attached to an aromatic ring is 1. The van der Waals surface area contributed by atoms with E-state index in [0.29, 0.717) is 28.7 Å². The van der Waals surface area contributed by atoms with E-state index in [0.717, 1.165) is 12.2 Å². The Bertz CT molecular complexity index is 656. The van der Waals surface area contributed by atoms with Crippen molar-refractivity contribution in [3.05, 3.63) is 22.7 Å². The first-order valence-electron chi connectivity index (χ1n) is 6.75. The minimum atomic E-state index is -0.437. The Morgan fingerprint density at radius 1 is 1.47 bits per heavy atom. The second-order valence-corrected chi connectivity index (χ2v) is 5.57. The summed E-state index contributed by atoms with van der Waals surface area (Å²) >= 11 is 0. The van der Waals surface area contributed by atoms with Crippen LogP contribution in [-0.2, 0) is 0 Å². The average Bonchev–Trinajstić information content (AvgIpc) is 2.92. The van der Waals surface area contributed by atoms with Gasteiger partial charge in [0.1, 0.15) is 0 Å². The molecule has 3 N–H and O–H groups in total. The molecule has 3 rings (SSSR count). The van der Waals surface area contributed by atoms with E-state index in [1.54, 1.807) is 6.07 Å². The van der Waals surface area contributed by atoms with Crippen molar-refractivity contribution in [1.29, 1.82) is 0 Å². The molecule has 0 bridgehead atoms. The van der Waals surface area contributed by atoms with Crippen molar-refractivity contribution in [1.82, 2.24) is 4.98 Å². The number of benzene rings is 1. The normalized spacial score (nSPS) is 19.7. The summed E-state index contributed by atoms with van der Waals surface area (Å²) in [5.41, 5.74) is 9.02. The van der Waals surface area contributed by atoms with Crippen molar-refractivity contribution < 1.29 is 4.42 Å². The van der Waals surface area contributed by atoms with Crippen molar-refractivity contribution in [3.8, 4) is 0 Å². The van der Waals surface area contributed by atoms with Crippen LogP contribution in [0, 0.1) is 5.92 Å². The van der Waals surface area contributed by atoms with Crippen molar-refractivity contribution in [2.75, 3.05) is 17.2 Å². The number of aromatic amines is 1. The van der Waals surface area contributed by atoms with Crippen molar-refractivity contribution in [2.24, 2.45) is 5.92 Å². The van der Waals surface area contributed by atoms with Crippen LogP contribution in [-0.4, -0.2) is 17.6 Å². The number of nitrogens with one attached hydrogen (secondary N) is 1. The molecule has 1 aromatic heterocycles. The first-order valence-corrected chi connectivity index (χ1v) is 6.75. The van der Waals surface area contributed by atoms with E-state index in [9.17, 15) is 4.79 Å². The predicted octanol–water partition coefficient (Wildman–Crippen LogP) is 2.33. The standard InChI is InChI=1S/C14H19N3O2/c1-8(2)11-4-3-5-17(11)12-7-10-13(6-9(12)15)19-14(18)16-10/h6-8,11H,3-5,15H2,1-2H3,(H,16,18). The van der Waals surface area contributed by atoms with Gasteiger partial charge in [-0.3, -0.25) is 4.98 Å². The van der Waals surface area contributed by atoms with E-state index in [1.165, 1.54) is 12.8 Å². The maximum atomic E-state index is 11.2. The lowest BCUT2D eigenvalue weighted by Crippen LogP contribution is -2.33. The molecular weight excluding hydrogens is 242 g/mol. The van der Waals surface area contributed by atoms with E-state index < -0.39 is 5.76 Å². The number of rotatable bonds is 2. The van der Waals surface area contributed by atoms with Crippen LogP contribution in [0.2, 0.25) is 0 Å². The molecule has 19 heavy (non-hydrogen) atoms. The fourth-order valence-electron chi connectivity index (χ4n) is 3.04. The van der Waals surface area contributed by atoms with Crippen LogP contribution < -0.4 is 16.4 Å². The number of H-pyrrole nitrogens is 1. The van der Waals surface area contributed by atoms with Gasteiger partial charge in [0.25, 0.3) is 0 Å². The molecule has 2 heterocycles. The second-order valence-electron chi connectivity index (χ2n) is 5.57. The van der Waals surface area contributed by atoms with Gasteiger partial charge in [0.15, 0.2) is 5.58 Å². The van der Waals surface area contributed by atoms with Crippen LogP contribution in [0.15, 0.2) is 21.3 Å². The summed E-state index contributed by atoms with van der Waals surface area (Å²) in [6.45, 7) is 5.48. The average molecular weight is 261 g/mol. The third-order valence-corrected chi connectivity index (χ3v) is 3.95. The highest BCUT2D eigenvalue weighted by atomic mass is 16.4. The molecule has 1 unspecified atom stereocenters. The topological polar surface area (TPSA) is 75.3 Å². The molecule has 1 aromatic carbocycles. The minimum Gasteiger partial charge on any atom is -0.408 e. The lowest BCUT2D eigenvalue weighted by molar-refractivity contribution is 0.492. The Morgan fingerprint density at radius 3 is 3.00 bits per heavy atom. The highest BCUT2D eigenvalue weighted by Crippen LogP contribution is 2.35. The van der Waals surface area contributed by atoms with Crippen LogP contribution in [0.4, 0.5) is 11.4 Å². The quantitative estimate of drug-likeness (QED) is 0.813. The summed E-state index contributed by atoms with van der Waals surface area (Å²) in [6.07, 6.45) is 2.37. The summed E-state index contributed by atoms with van der Waals surface area (Å²) < 4.78 is 5.03. The van der Waals surface area contributed by atoms with E-state index in [1.807, 2.05) is 6.07 Å². The number of fused-ring (bicyclic) bond motifs is 1.